The molecule has 1 N–H and O–H groups in total. The van der Waals surface area contributed by atoms with Crippen LogP contribution in [-0.2, 0) is 20.8 Å². The summed E-state index contributed by atoms with van der Waals surface area (Å²) in [5.41, 5.74) is 6.76. The van der Waals surface area contributed by atoms with E-state index in [0.717, 1.165) is 41.8 Å². The number of aryl methyl sites for hydroxylation is 1. The van der Waals surface area contributed by atoms with Crippen LogP contribution in [-0.4, -0.2) is 42.6 Å². The Morgan fingerprint density at radius 3 is 2.10 bits per heavy atom. The number of rotatable bonds is 9. The van der Waals surface area contributed by atoms with Crippen LogP contribution in [0.1, 0.15) is 76.0 Å². The van der Waals surface area contributed by atoms with E-state index in [-0.39, 0.29) is 34.9 Å². The molecule has 0 fully saturated rings. The third kappa shape index (κ3) is 7.40. The molecule has 0 atom stereocenters. The molecular formula is C41H45BrN2O5. The van der Waals surface area contributed by atoms with Gasteiger partial charge in [0.15, 0.2) is 29.7 Å². The number of ketones is 2. The van der Waals surface area contributed by atoms with Gasteiger partial charge >= 0.3 is 0 Å². The molecular weight excluding hydrogens is 680 g/mol. The quantitative estimate of drug-likeness (QED) is 0.238. The number of nitrogens with one attached hydrogen (secondary N) is 1. The van der Waals surface area contributed by atoms with Crippen LogP contribution in [0.3, 0.4) is 0 Å². The van der Waals surface area contributed by atoms with Gasteiger partial charge in [0.05, 0.1) is 11.6 Å². The van der Waals surface area contributed by atoms with Gasteiger partial charge < -0.3 is 19.7 Å². The van der Waals surface area contributed by atoms with Crippen molar-refractivity contribution in [1.29, 1.82) is 0 Å². The Morgan fingerprint density at radius 1 is 0.878 bits per heavy atom. The van der Waals surface area contributed by atoms with Crippen LogP contribution in [0.2, 0.25) is 0 Å². The van der Waals surface area contributed by atoms with E-state index in [0.29, 0.717) is 52.2 Å². The van der Waals surface area contributed by atoms with E-state index >= 15 is 0 Å². The van der Waals surface area contributed by atoms with Crippen molar-refractivity contribution in [3.63, 3.8) is 0 Å². The van der Waals surface area contributed by atoms with Gasteiger partial charge in [-0.1, -0.05) is 70.2 Å². The molecule has 1 aliphatic heterocycles. The monoisotopic (exact) mass is 724 g/mol. The van der Waals surface area contributed by atoms with Crippen molar-refractivity contribution in [3.05, 3.63) is 110 Å². The van der Waals surface area contributed by atoms with Gasteiger partial charge in [0, 0.05) is 53.5 Å². The van der Waals surface area contributed by atoms with E-state index in [1.165, 1.54) is 5.56 Å². The zero-order valence-corrected chi connectivity index (χ0v) is 30.8. The summed E-state index contributed by atoms with van der Waals surface area (Å²) < 4.78 is 12.4. The first-order valence-electron chi connectivity index (χ1n) is 17.0. The highest BCUT2D eigenvalue weighted by Crippen LogP contribution is 2.55. The molecule has 2 aliphatic carbocycles. The maximum absolute atomic E-state index is 14.3. The third-order valence-electron chi connectivity index (χ3n) is 9.72. The van der Waals surface area contributed by atoms with Crippen molar-refractivity contribution >= 4 is 39.1 Å². The molecule has 8 heteroatoms. The van der Waals surface area contributed by atoms with E-state index in [1.54, 1.807) is 7.11 Å². The average Bonchev–Trinajstić information content (AvgIpc) is 3.02. The van der Waals surface area contributed by atoms with Gasteiger partial charge in [-0.3, -0.25) is 14.4 Å². The highest BCUT2D eigenvalue weighted by atomic mass is 79.9. The standard InChI is InChI=1S/C41H45BrN2O5/c1-25-11-10-14-28(17-25)43-35(47)24-49-39-29(42)18-27(19-34(39)48-6)36-37-30(20-40(2,3)22-32(37)45)44(16-15-26-12-8-7-9-13-26)31-21-41(4,5)23-33(46)38(31)36/h7-14,17-19,36H,15-16,20-24H2,1-6H3,(H,43,47). The van der Waals surface area contributed by atoms with Crippen LogP contribution in [0.4, 0.5) is 5.69 Å². The number of allylic oxidation sites excluding steroid dienone is 4. The molecule has 0 spiro atoms. The summed E-state index contributed by atoms with van der Waals surface area (Å²) in [6, 6.07) is 21.7. The normalized spacial score (nSPS) is 18.6. The average molecular weight is 726 g/mol. The molecule has 3 aliphatic rings. The molecule has 49 heavy (non-hydrogen) atoms. The predicted octanol–water partition coefficient (Wildman–Crippen LogP) is 8.71. The van der Waals surface area contributed by atoms with E-state index < -0.39 is 5.92 Å². The number of carbonyl (C=O) groups is 3. The molecule has 3 aromatic rings. The Bertz CT molecular complexity index is 1820. The number of hydrogen-bond donors (Lipinski definition) is 1. The third-order valence-corrected chi connectivity index (χ3v) is 10.3. The van der Waals surface area contributed by atoms with Crippen LogP contribution in [0.15, 0.2) is 93.7 Å². The fraction of sp³-hybridized carbons (Fsp3) is 0.390. The fourth-order valence-electron chi connectivity index (χ4n) is 7.64. The summed E-state index contributed by atoms with van der Waals surface area (Å²) in [6.45, 7) is 11.0. The van der Waals surface area contributed by atoms with Crippen molar-refractivity contribution in [2.24, 2.45) is 10.8 Å². The fourth-order valence-corrected chi connectivity index (χ4v) is 8.21. The number of nitrogens with zero attached hydrogens (tertiary/aromatic N) is 1. The van der Waals surface area contributed by atoms with E-state index in [1.807, 2.05) is 61.5 Å². The van der Waals surface area contributed by atoms with Gasteiger partial charge in [-0.25, -0.2) is 0 Å². The minimum Gasteiger partial charge on any atom is -0.493 e. The van der Waals surface area contributed by atoms with Gasteiger partial charge in [0.1, 0.15) is 0 Å². The molecule has 1 heterocycles. The molecule has 0 saturated heterocycles. The minimum atomic E-state index is -0.533. The highest BCUT2D eigenvalue weighted by molar-refractivity contribution is 9.10. The summed E-state index contributed by atoms with van der Waals surface area (Å²) in [4.78, 5) is 43.7. The number of hydrogen-bond acceptors (Lipinski definition) is 6. The van der Waals surface area contributed by atoms with Crippen LogP contribution in [0.5, 0.6) is 11.5 Å². The van der Waals surface area contributed by atoms with Gasteiger partial charge in [0.25, 0.3) is 5.91 Å². The lowest BCUT2D eigenvalue weighted by molar-refractivity contribution is -0.120. The molecule has 3 aromatic carbocycles. The van der Waals surface area contributed by atoms with Gasteiger partial charge in [-0.05, 0) is 93.9 Å². The molecule has 1 amide bonds. The van der Waals surface area contributed by atoms with Crippen molar-refractivity contribution in [1.82, 2.24) is 4.90 Å². The zero-order chi connectivity index (χ0) is 35.1. The number of methoxy groups -OCH3 is 1. The summed E-state index contributed by atoms with van der Waals surface area (Å²) in [5, 5.41) is 2.87. The zero-order valence-electron chi connectivity index (χ0n) is 29.2. The maximum atomic E-state index is 14.3. The molecule has 0 radical (unpaired) electrons. The number of benzene rings is 3. The first kappa shape index (κ1) is 34.7. The number of halogens is 1. The Hall–Kier alpha value is -4.17. The second-order valence-corrected chi connectivity index (χ2v) is 16.0. The van der Waals surface area contributed by atoms with E-state index in [4.69, 9.17) is 9.47 Å². The lowest BCUT2D eigenvalue weighted by Gasteiger charge is -2.49. The van der Waals surface area contributed by atoms with Crippen molar-refractivity contribution < 1.29 is 23.9 Å². The number of carbonyl (C=O) groups excluding carboxylic acids is 3. The highest BCUT2D eigenvalue weighted by Gasteiger charge is 2.49. The van der Waals surface area contributed by atoms with Crippen LogP contribution >= 0.6 is 15.9 Å². The van der Waals surface area contributed by atoms with Crippen molar-refractivity contribution in [3.8, 4) is 11.5 Å². The van der Waals surface area contributed by atoms with Gasteiger partial charge in [-0.2, -0.15) is 0 Å². The predicted molar refractivity (Wildman–Crippen MR) is 196 cm³/mol. The minimum absolute atomic E-state index is 0.0772. The number of anilines is 1. The first-order chi connectivity index (χ1) is 23.2. The van der Waals surface area contributed by atoms with Crippen LogP contribution < -0.4 is 14.8 Å². The van der Waals surface area contributed by atoms with Crippen LogP contribution in [0.25, 0.3) is 0 Å². The molecule has 0 unspecified atom stereocenters. The largest absolute Gasteiger partial charge is 0.493 e. The Labute approximate surface area is 297 Å². The molecule has 7 nitrogen and oxygen atoms in total. The molecule has 256 valence electrons. The maximum Gasteiger partial charge on any atom is 0.262 e. The second-order valence-electron chi connectivity index (χ2n) is 15.2. The summed E-state index contributed by atoms with van der Waals surface area (Å²) in [5.74, 6) is 0.106. The Balaban J connectivity index is 1.40. The van der Waals surface area contributed by atoms with E-state index in [2.05, 4.69) is 66.0 Å². The van der Waals surface area contributed by atoms with Crippen molar-refractivity contribution in [2.75, 3.05) is 25.6 Å². The SMILES string of the molecule is COc1cc(C2C3=C(CC(C)(C)CC3=O)N(CCc3ccccc3)C3=C2C(=O)CC(C)(C)C3)cc(Br)c1OCC(=O)Nc1cccc(C)c1. The first-order valence-corrected chi connectivity index (χ1v) is 17.8. The molecule has 0 aromatic heterocycles. The lowest BCUT2D eigenvalue weighted by Crippen LogP contribution is -2.45. The summed E-state index contributed by atoms with van der Waals surface area (Å²) in [7, 11) is 1.55. The van der Waals surface area contributed by atoms with Gasteiger partial charge in [0.2, 0.25) is 0 Å². The molecule has 6 rings (SSSR count). The van der Waals surface area contributed by atoms with Gasteiger partial charge in [-0.15, -0.1) is 0 Å². The topological polar surface area (TPSA) is 84.9 Å². The summed E-state index contributed by atoms with van der Waals surface area (Å²) >= 11 is 3.69. The smallest absolute Gasteiger partial charge is 0.262 e. The Kier molecular flexibility index (Phi) is 9.64. The summed E-state index contributed by atoms with van der Waals surface area (Å²) in [6.07, 6.45) is 3.09. The Morgan fingerprint density at radius 2 is 1.51 bits per heavy atom. The number of Topliss-reactive ketones (excluding diaryl/α,β-unsaturated/α-hetero) is 2. The lowest BCUT2D eigenvalue weighted by atomic mass is 9.63. The number of ether oxygens (including phenoxy) is 2. The second kappa shape index (κ2) is 13.6. The number of amides is 1. The molecule has 0 bridgehead atoms. The van der Waals surface area contributed by atoms with Crippen molar-refractivity contribution in [2.45, 2.75) is 72.6 Å². The molecule has 0 saturated carbocycles. The van der Waals surface area contributed by atoms with Crippen LogP contribution in [0, 0.1) is 17.8 Å². The van der Waals surface area contributed by atoms with E-state index in [9.17, 15) is 14.4 Å².